The fraction of sp³-hybridized carbons (Fsp3) is 0.368. The predicted octanol–water partition coefficient (Wildman–Crippen LogP) is 2.95. The first-order chi connectivity index (χ1) is 12.5. The summed E-state index contributed by atoms with van der Waals surface area (Å²) in [4.78, 5) is -0.122. The van der Waals surface area contributed by atoms with Crippen LogP contribution in [0.4, 0.5) is 4.39 Å². The van der Waals surface area contributed by atoms with Crippen LogP contribution in [0.5, 0.6) is 11.5 Å². The van der Waals surface area contributed by atoms with E-state index >= 15 is 0 Å². The minimum absolute atomic E-state index is 0.121. The summed E-state index contributed by atoms with van der Waals surface area (Å²) in [5.74, 6) is 0.597. The molecule has 2 heterocycles. The molecule has 0 radical (unpaired) electrons. The Balaban J connectivity index is 1.59. The largest absolute Gasteiger partial charge is 0.495 e. The zero-order chi connectivity index (χ0) is 18.3. The van der Waals surface area contributed by atoms with Crippen molar-refractivity contribution in [3.8, 4) is 11.5 Å². The number of ether oxygens (including phenoxy) is 2. The van der Waals surface area contributed by atoms with Crippen molar-refractivity contribution in [3.05, 3.63) is 53.3 Å². The van der Waals surface area contributed by atoms with Gasteiger partial charge in [0.15, 0.2) is 0 Å². The van der Waals surface area contributed by atoms with Crippen molar-refractivity contribution in [3.63, 3.8) is 0 Å². The Labute approximate surface area is 152 Å². The molecule has 0 aliphatic carbocycles. The van der Waals surface area contributed by atoms with Gasteiger partial charge in [0.1, 0.15) is 22.2 Å². The average molecular weight is 377 g/mol. The lowest BCUT2D eigenvalue weighted by atomic mass is 9.96. The van der Waals surface area contributed by atoms with Crippen LogP contribution in [0.25, 0.3) is 0 Å². The third-order valence-electron chi connectivity index (χ3n) is 5.08. The van der Waals surface area contributed by atoms with E-state index in [1.165, 1.54) is 29.1 Å². The Hall–Kier alpha value is -2.12. The number of methoxy groups -OCH3 is 1. The Morgan fingerprint density at radius 2 is 2.08 bits per heavy atom. The lowest BCUT2D eigenvalue weighted by Crippen LogP contribution is -2.29. The Bertz CT molecular complexity index is 945. The highest BCUT2D eigenvalue weighted by molar-refractivity contribution is 7.89. The van der Waals surface area contributed by atoms with Crippen molar-refractivity contribution in [2.24, 2.45) is 0 Å². The molecule has 0 bridgehead atoms. The van der Waals surface area contributed by atoms with Crippen LogP contribution >= 0.6 is 0 Å². The zero-order valence-corrected chi connectivity index (χ0v) is 15.3. The number of rotatable bonds is 4. The molecule has 0 amide bonds. The normalized spacial score (nSPS) is 20.0. The van der Waals surface area contributed by atoms with Crippen molar-refractivity contribution < 1.29 is 22.3 Å². The lowest BCUT2D eigenvalue weighted by molar-refractivity contribution is 0.357. The number of sulfonamides is 1. The van der Waals surface area contributed by atoms with Gasteiger partial charge in [-0.3, -0.25) is 0 Å². The molecule has 138 valence electrons. The van der Waals surface area contributed by atoms with E-state index in [1.54, 1.807) is 0 Å². The smallest absolute Gasteiger partial charge is 0.246 e. The van der Waals surface area contributed by atoms with Gasteiger partial charge in [0.05, 0.1) is 13.7 Å². The monoisotopic (exact) mass is 377 g/mol. The minimum Gasteiger partial charge on any atom is -0.495 e. The van der Waals surface area contributed by atoms with E-state index in [-0.39, 0.29) is 16.6 Å². The second kappa shape index (κ2) is 6.55. The third kappa shape index (κ3) is 2.95. The molecule has 1 atom stereocenters. The summed E-state index contributed by atoms with van der Waals surface area (Å²) in [6, 6.07) is 9.64. The Morgan fingerprint density at radius 3 is 2.88 bits per heavy atom. The summed E-state index contributed by atoms with van der Waals surface area (Å²) in [5, 5.41) is 0. The first kappa shape index (κ1) is 17.3. The van der Waals surface area contributed by atoms with Gasteiger partial charge in [-0.2, -0.15) is 4.31 Å². The molecule has 0 N–H and O–H groups in total. The lowest BCUT2D eigenvalue weighted by Gasteiger charge is -2.19. The molecule has 0 spiro atoms. The van der Waals surface area contributed by atoms with E-state index < -0.39 is 15.8 Å². The number of nitrogens with zero attached hydrogens (tertiary/aromatic N) is 1. The van der Waals surface area contributed by atoms with Crippen LogP contribution in [-0.4, -0.2) is 39.5 Å². The Kier molecular flexibility index (Phi) is 4.36. The van der Waals surface area contributed by atoms with Crippen molar-refractivity contribution in [1.29, 1.82) is 0 Å². The molecular weight excluding hydrogens is 357 g/mol. The van der Waals surface area contributed by atoms with Gasteiger partial charge < -0.3 is 9.47 Å². The second-order valence-corrected chi connectivity index (χ2v) is 8.52. The maximum atomic E-state index is 13.6. The van der Waals surface area contributed by atoms with Crippen LogP contribution in [0.3, 0.4) is 0 Å². The minimum atomic E-state index is -3.81. The van der Waals surface area contributed by atoms with Crippen LogP contribution in [0.15, 0.2) is 41.3 Å². The standard InChI is InChI=1S/C19H20FNO4S/c1-24-18-5-3-16(20)11-19(18)26(22,23)21-8-6-15(12-21)13-2-4-17-14(10-13)7-9-25-17/h2-5,10-11,15H,6-9,12H2,1H3/t15-/m0/s1. The maximum absolute atomic E-state index is 13.6. The molecule has 5 nitrogen and oxygen atoms in total. The quantitative estimate of drug-likeness (QED) is 0.822. The third-order valence-corrected chi connectivity index (χ3v) is 6.97. The summed E-state index contributed by atoms with van der Waals surface area (Å²) < 4.78 is 51.7. The summed E-state index contributed by atoms with van der Waals surface area (Å²) in [7, 11) is -2.43. The number of hydrogen-bond donors (Lipinski definition) is 0. The molecule has 7 heteroatoms. The molecule has 4 rings (SSSR count). The van der Waals surface area contributed by atoms with Gasteiger partial charge in [0, 0.05) is 19.5 Å². The van der Waals surface area contributed by atoms with Gasteiger partial charge in [-0.25, -0.2) is 12.8 Å². The van der Waals surface area contributed by atoms with E-state index in [1.807, 2.05) is 12.1 Å². The SMILES string of the molecule is COc1ccc(F)cc1S(=O)(=O)N1CC[C@H](c2ccc3c(c2)CCO3)C1. The van der Waals surface area contributed by atoms with E-state index in [0.717, 1.165) is 30.2 Å². The van der Waals surface area contributed by atoms with E-state index in [2.05, 4.69) is 6.07 Å². The van der Waals surface area contributed by atoms with Gasteiger partial charge in [0.2, 0.25) is 10.0 Å². The predicted molar refractivity (Wildman–Crippen MR) is 94.7 cm³/mol. The van der Waals surface area contributed by atoms with Crippen molar-refractivity contribution in [2.45, 2.75) is 23.7 Å². The highest BCUT2D eigenvalue weighted by Crippen LogP contribution is 2.36. The summed E-state index contributed by atoms with van der Waals surface area (Å²) in [6.45, 7) is 1.48. The van der Waals surface area contributed by atoms with E-state index in [4.69, 9.17) is 9.47 Å². The van der Waals surface area contributed by atoms with Gasteiger partial charge in [-0.05, 0) is 47.7 Å². The summed E-state index contributed by atoms with van der Waals surface area (Å²) in [5.41, 5.74) is 2.30. The van der Waals surface area contributed by atoms with Crippen LogP contribution in [0.2, 0.25) is 0 Å². The van der Waals surface area contributed by atoms with Crippen LogP contribution in [0.1, 0.15) is 23.5 Å². The van der Waals surface area contributed by atoms with E-state index in [0.29, 0.717) is 19.7 Å². The van der Waals surface area contributed by atoms with Crippen LogP contribution < -0.4 is 9.47 Å². The molecule has 0 aromatic heterocycles. The van der Waals surface area contributed by atoms with Crippen LogP contribution in [-0.2, 0) is 16.4 Å². The molecule has 2 aromatic rings. The first-order valence-electron chi connectivity index (χ1n) is 8.58. The molecule has 1 saturated heterocycles. The topological polar surface area (TPSA) is 55.8 Å². The van der Waals surface area contributed by atoms with Crippen molar-refractivity contribution in [2.75, 3.05) is 26.8 Å². The molecule has 0 saturated carbocycles. The van der Waals surface area contributed by atoms with Gasteiger partial charge in [0.25, 0.3) is 0 Å². The van der Waals surface area contributed by atoms with Gasteiger partial charge >= 0.3 is 0 Å². The first-order valence-corrected chi connectivity index (χ1v) is 10.0. The molecule has 0 unspecified atom stereocenters. The number of benzene rings is 2. The average Bonchev–Trinajstić information content (AvgIpc) is 3.30. The van der Waals surface area contributed by atoms with E-state index in [9.17, 15) is 12.8 Å². The molecule has 26 heavy (non-hydrogen) atoms. The number of halogens is 1. The fourth-order valence-electron chi connectivity index (χ4n) is 3.67. The molecule has 2 aliphatic rings. The highest BCUT2D eigenvalue weighted by atomic mass is 32.2. The molecule has 1 fully saturated rings. The van der Waals surface area contributed by atoms with Crippen LogP contribution in [0, 0.1) is 5.82 Å². The highest BCUT2D eigenvalue weighted by Gasteiger charge is 2.35. The summed E-state index contributed by atoms with van der Waals surface area (Å²) in [6.07, 6.45) is 1.62. The molecule has 2 aromatic carbocycles. The Morgan fingerprint density at radius 1 is 1.23 bits per heavy atom. The maximum Gasteiger partial charge on any atom is 0.246 e. The van der Waals surface area contributed by atoms with Gasteiger partial charge in [-0.1, -0.05) is 12.1 Å². The zero-order valence-electron chi connectivity index (χ0n) is 14.4. The molecule has 2 aliphatic heterocycles. The van der Waals surface area contributed by atoms with Gasteiger partial charge in [-0.15, -0.1) is 0 Å². The summed E-state index contributed by atoms with van der Waals surface area (Å²) >= 11 is 0. The number of fused-ring (bicyclic) bond motifs is 1. The van der Waals surface area contributed by atoms with Crippen molar-refractivity contribution in [1.82, 2.24) is 4.31 Å². The fourth-order valence-corrected chi connectivity index (χ4v) is 5.34. The second-order valence-electron chi connectivity index (χ2n) is 6.61. The van der Waals surface area contributed by atoms with Crippen molar-refractivity contribution >= 4 is 10.0 Å². The molecular formula is C19H20FNO4S. The number of hydrogen-bond acceptors (Lipinski definition) is 4.